The summed E-state index contributed by atoms with van der Waals surface area (Å²) in [5, 5.41) is 9.78. The number of sulfonamides is 2. The van der Waals surface area contributed by atoms with Crippen LogP contribution in [0.2, 0.25) is 0 Å². The molecular formula is C21H24N4O6S3. The van der Waals surface area contributed by atoms with Crippen LogP contribution in [-0.4, -0.2) is 41.4 Å². The van der Waals surface area contributed by atoms with Crippen LogP contribution in [0.3, 0.4) is 0 Å². The van der Waals surface area contributed by atoms with E-state index in [9.17, 15) is 21.6 Å². The van der Waals surface area contributed by atoms with E-state index in [-0.39, 0.29) is 27.3 Å². The molecule has 13 heteroatoms. The number of aryl methyl sites for hydroxylation is 1. The van der Waals surface area contributed by atoms with Gasteiger partial charge in [-0.15, -0.1) is 11.3 Å². The third kappa shape index (κ3) is 7.25. The predicted molar refractivity (Wildman–Crippen MR) is 129 cm³/mol. The molecule has 1 heterocycles. The van der Waals surface area contributed by atoms with Crippen LogP contribution >= 0.6 is 11.3 Å². The zero-order valence-electron chi connectivity index (χ0n) is 18.2. The number of aromatic nitrogens is 1. The average molecular weight is 525 g/mol. The number of amides is 1. The number of thiazole rings is 1. The summed E-state index contributed by atoms with van der Waals surface area (Å²) >= 11 is 1.14. The first-order valence-corrected chi connectivity index (χ1v) is 14.0. The second kappa shape index (κ2) is 11.0. The highest BCUT2D eigenvalue weighted by Crippen LogP contribution is 2.22. The summed E-state index contributed by atoms with van der Waals surface area (Å²) in [4.78, 5) is 16.5. The molecule has 34 heavy (non-hydrogen) atoms. The van der Waals surface area contributed by atoms with Crippen LogP contribution in [0.4, 0.5) is 5.13 Å². The molecule has 0 radical (unpaired) electrons. The summed E-state index contributed by atoms with van der Waals surface area (Å²) in [6.45, 7) is 0.386. The zero-order chi connectivity index (χ0) is 24.8. The van der Waals surface area contributed by atoms with Gasteiger partial charge in [0.2, 0.25) is 15.9 Å². The molecule has 0 bridgehead atoms. The Morgan fingerprint density at radius 3 is 2.26 bits per heavy atom. The van der Waals surface area contributed by atoms with Crippen molar-refractivity contribution in [3.8, 4) is 5.75 Å². The van der Waals surface area contributed by atoms with E-state index in [1.165, 1.54) is 31.4 Å². The first-order valence-electron chi connectivity index (χ1n) is 10.1. The first kappa shape index (κ1) is 25.6. The van der Waals surface area contributed by atoms with Gasteiger partial charge in [-0.05, 0) is 54.8 Å². The standard InChI is InChI=1S/C21H24N4O6S3/c1-31-17-5-9-19(10-6-17)34(29,30)25-21-24-16(14-32-21)4-11-20(26)23-13-12-15-2-7-18(8-3-15)33(22,27)28/h2-3,5-10,14H,4,11-13H2,1H3,(H,23,26)(H,24,25)(H2,22,27,28). The van der Waals surface area contributed by atoms with Gasteiger partial charge in [-0.1, -0.05) is 12.1 Å². The molecule has 10 nitrogen and oxygen atoms in total. The molecule has 1 aromatic heterocycles. The molecule has 0 aliphatic heterocycles. The Balaban J connectivity index is 1.44. The Labute approximate surface area is 202 Å². The topological polar surface area (TPSA) is 158 Å². The van der Waals surface area contributed by atoms with E-state index in [1.54, 1.807) is 29.6 Å². The van der Waals surface area contributed by atoms with E-state index in [4.69, 9.17) is 9.88 Å². The van der Waals surface area contributed by atoms with E-state index in [0.717, 1.165) is 16.9 Å². The summed E-state index contributed by atoms with van der Waals surface area (Å²) in [7, 11) is -6.02. The summed E-state index contributed by atoms with van der Waals surface area (Å²) in [5.41, 5.74) is 1.46. The number of nitrogens with two attached hydrogens (primary N) is 1. The Morgan fingerprint density at radius 1 is 1.00 bits per heavy atom. The Morgan fingerprint density at radius 2 is 1.65 bits per heavy atom. The number of carbonyl (C=O) groups is 1. The van der Waals surface area contributed by atoms with Crippen molar-refractivity contribution >= 4 is 42.4 Å². The van der Waals surface area contributed by atoms with E-state index < -0.39 is 20.0 Å². The molecule has 1 amide bonds. The van der Waals surface area contributed by atoms with Gasteiger partial charge in [0.1, 0.15) is 5.75 Å². The van der Waals surface area contributed by atoms with Gasteiger partial charge in [0.25, 0.3) is 10.0 Å². The maximum absolute atomic E-state index is 12.5. The molecule has 182 valence electrons. The van der Waals surface area contributed by atoms with Gasteiger partial charge in [-0.25, -0.2) is 27.0 Å². The summed E-state index contributed by atoms with van der Waals surface area (Å²) in [6.07, 6.45) is 1.08. The number of hydrogen-bond donors (Lipinski definition) is 3. The van der Waals surface area contributed by atoms with Gasteiger partial charge < -0.3 is 10.1 Å². The van der Waals surface area contributed by atoms with Gasteiger partial charge in [0.05, 0.1) is 22.6 Å². The smallest absolute Gasteiger partial charge is 0.263 e. The normalized spacial score (nSPS) is 11.7. The monoisotopic (exact) mass is 524 g/mol. The van der Waals surface area contributed by atoms with Crippen LogP contribution in [0.25, 0.3) is 0 Å². The minimum atomic E-state index is -3.78. The number of hydrogen-bond acceptors (Lipinski definition) is 8. The summed E-state index contributed by atoms with van der Waals surface area (Å²) in [5.74, 6) is 0.378. The lowest BCUT2D eigenvalue weighted by Gasteiger charge is -2.06. The molecule has 0 atom stereocenters. The molecule has 0 saturated heterocycles. The third-order valence-electron chi connectivity index (χ3n) is 4.74. The molecule has 0 spiro atoms. The van der Waals surface area contributed by atoms with Crippen LogP contribution in [-0.2, 0) is 37.7 Å². The van der Waals surface area contributed by atoms with Crippen molar-refractivity contribution in [2.75, 3.05) is 18.4 Å². The fraction of sp³-hybridized carbons (Fsp3) is 0.238. The van der Waals surface area contributed by atoms with Crippen molar-refractivity contribution in [1.29, 1.82) is 0 Å². The van der Waals surface area contributed by atoms with Gasteiger partial charge in [0.15, 0.2) is 5.13 Å². The fourth-order valence-corrected chi connectivity index (χ4v) is 5.43. The number of rotatable bonds is 11. The van der Waals surface area contributed by atoms with Crippen molar-refractivity contribution in [2.45, 2.75) is 29.1 Å². The van der Waals surface area contributed by atoms with Crippen LogP contribution in [0.5, 0.6) is 5.75 Å². The highest BCUT2D eigenvalue weighted by atomic mass is 32.2. The van der Waals surface area contributed by atoms with Crippen molar-refractivity contribution in [2.24, 2.45) is 5.14 Å². The van der Waals surface area contributed by atoms with Crippen LogP contribution in [0.15, 0.2) is 63.7 Å². The number of ether oxygens (including phenoxy) is 1. The molecule has 0 aliphatic carbocycles. The second-order valence-corrected chi connectivity index (χ2v) is 11.3. The van der Waals surface area contributed by atoms with Gasteiger partial charge in [-0.2, -0.15) is 0 Å². The molecule has 2 aromatic carbocycles. The molecule has 0 unspecified atom stereocenters. The molecule has 3 rings (SSSR count). The molecule has 3 aromatic rings. The van der Waals surface area contributed by atoms with E-state index in [1.807, 2.05) is 0 Å². The molecular weight excluding hydrogens is 500 g/mol. The Bertz CT molecular complexity index is 1340. The maximum atomic E-state index is 12.5. The van der Waals surface area contributed by atoms with Gasteiger partial charge in [-0.3, -0.25) is 9.52 Å². The highest BCUT2D eigenvalue weighted by molar-refractivity contribution is 7.93. The van der Waals surface area contributed by atoms with Crippen molar-refractivity contribution in [1.82, 2.24) is 10.3 Å². The molecule has 0 saturated carbocycles. The number of benzene rings is 2. The lowest BCUT2D eigenvalue weighted by molar-refractivity contribution is -0.121. The van der Waals surface area contributed by atoms with Crippen molar-refractivity contribution in [3.63, 3.8) is 0 Å². The zero-order valence-corrected chi connectivity index (χ0v) is 20.7. The number of primary sulfonamides is 1. The number of methoxy groups -OCH3 is 1. The SMILES string of the molecule is COc1ccc(S(=O)(=O)Nc2nc(CCC(=O)NCCc3ccc(S(N)(=O)=O)cc3)cs2)cc1. The number of nitrogens with one attached hydrogen (secondary N) is 2. The Hall–Kier alpha value is -3.00. The van der Waals surface area contributed by atoms with E-state index >= 15 is 0 Å². The van der Waals surface area contributed by atoms with Crippen LogP contribution in [0.1, 0.15) is 17.7 Å². The van der Waals surface area contributed by atoms with Gasteiger partial charge in [0, 0.05) is 18.3 Å². The molecule has 4 N–H and O–H groups in total. The van der Waals surface area contributed by atoms with Crippen molar-refractivity contribution in [3.05, 3.63) is 65.2 Å². The lowest BCUT2D eigenvalue weighted by atomic mass is 10.1. The van der Waals surface area contributed by atoms with E-state index in [2.05, 4.69) is 15.0 Å². The summed E-state index contributed by atoms with van der Waals surface area (Å²) < 4.78 is 55.0. The maximum Gasteiger partial charge on any atom is 0.263 e. The van der Waals surface area contributed by atoms with Gasteiger partial charge >= 0.3 is 0 Å². The average Bonchev–Trinajstić information content (AvgIpc) is 3.24. The minimum absolute atomic E-state index is 0.0363. The number of anilines is 1. The van der Waals surface area contributed by atoms with Crippen LogP contribution in [0, 0.1) is 0 Å². The van der Waals surface area contributed by atoms with E-state index in [0.29, 0.717) is 30.8 Å². The highest BCUT2D eigenvalue weighted by Gasteiger charge is 2.16. The first-order chi connectivity index (χ1) is 16.1. The Kier molecular flexibility index (Phi) is 8.25. The second-order valence-electron chi connectivity index (χ2n) is 7.21. The minimum Gasteiger partial charge on any atom is -0.497 e. The summed E-state index contributed by atoms with van der Waals surface area (Å²) in [6, 6.07) is 12.1. The quantitative estimate of drug-likeness (QED) is 0.346. The largest absolute Gasteiger partial charge is 0.497 e. The van der Waals surface area contributed by atoms with Crippen molar-refractivity contribution < 1.29 is 26.4 Å². The number of nitrogens with zero attached hydrogens (tertiary/aromatic N) is 1. The lowest BCUT2D eigenvalue weighted by Crippen LogP contribution is -2.25. The molecule has 0 fully saturated rings. The molecule has 0 aliphatic rings. The number of carbonyl (C=O) groups excluding carboxylic acids is 1. The third-order valence-corrected chi connectivity index (χ3v) is 7.96. The van der Waals surface area contributed by atoms with Crippen LogP contribution < -0.4 is 19.9 Å². The predicted octanol–water partition coefficient (Wildman–Crippen LogP) is 1.89. The fourth-order valence-electron chi connectivity index (χ4n) is 2.92.